The van der Waals surface area contributed by atoms with E-state index in [0.717, 1.165) is 6.07 Å². The van der Waals surface area contributed by atoms with E-state index in [0.29, 0.717) is 12.0 Å². The van der Waals surface area contributed by atoms with Gasteiger partial charge in [0, 0.05) is 23.1 Å². The first-order chi connectivity index (χ1) is 14.2. The summed E-state index contributed by atoms with van der Waals surface area (Å²) in [5.41, 5.74) is -0.239. The van der Waals surface area contributed by atoms with E-state index in [-0.39, 0.29) is 52.0 Å². The van der Waals surface area contributed by atoms with Crippen molar-refractivity contribution in [2.24, 2.45) is 5.92 Å². The third kappa shape index (κ3) is 3.10. The van der Waals surface area contributed by atoms with Gasteiger partial charge in [-0.25, -0.2) is 0 Å². The number of benzene rings is 2. The number of aromatic hydroxyl groups is 4. The Labute approximate surface area is 170 Å². The second-order valence-electron chi connectivity index (χ2n) is 7.83. The van der Waals surface area contributed by atoms with Crippen LogP contribution in [0.25, 0.3) is 22.3 Å². The van der Waals surface area contributed by atoms with Gasteiger partial charge in [-0.05, 0) is 30.5 Å². The smallest absolute Gasteiger partial charge is 0.311 e. The number of phenolic OH excluding ortho intramolecular Hbond substituents is 3. The Morgan fingerprint density at radius 1 is 1.03 bits per heavy atom. The number of ether oxygens (including phenoxy) is 1. The Hall–Kier alpha value is -3.68. The van der Waals surface area contributed by atoms with E-state index in [9.17, 15) is 30.0 Å². The number of phenols is 3. The zero-order chi connectivity index (χ0) is 21.7. The molecule has 0 aliphatic carbocycles. The Bertz CT molecular complexity index is 1240. The van der Waals surface area contributed by atoms with Gasteiger partial charge in [0.05, 0.1) is 6.42 Å². The third-order valence-electron chi connectivity index (χ3n) is 5.16. The van der Waals surface area contributed by atoms with Crippen molar-refractivity contribution in [1.29, 1.82) is 0 Å². The van der Waals surface area contributed by atoms with Gasteiger partial charge >= 0.3 is 5.97 Å². The average Bonchev–Trinajstić information content (AvgIpc) is 2.65. The van der Waals surface area contributed by atoms with E-state index in [4.69, 9.17) is 9.15 Å². The molecule has 30 heavy (non-hydrogen) atoms. The molecule has 1 aliphatic heterocycles. The molecule has 4 rings (SSSR count). The first-order valence-corrected chi connectivity index (χ1v) is 9.46. The van der Waals surface area contributed by atoms with Crippen LogP contribution in [-0.4, -0.2) is 26.4 Å². The van der Waals surface area contributed by atoms with E-state index in [1.54, 1.807) is 0 Å². The van der Waals surface area contributed by atoms with Gasteiger partial charge in [-0.3, -0.25) is 9.59 Å². The van der Waals surface area contributed by atoms with Gasteiger partial charge in [-0.1, -0.05) is 13.8 Å². The minimum atomic E-state index is -0.862. The summed E-state index contributed by atoms with van der Waals surface area (Å²) in [5.74, 6) is -2.72. The van der Waals surface area contributed by atoms with E-state index in [2.05, 4.69) is 0 Å². The minimum absolute atomic E-state index is 0.00788. The lowest BCUT2D eigenvalue weighted by Crippen LogP contribution is -2.22. The van der Waals surface area contributed by atoms with E-state index < -0.39 is 28.6 Å². The van der Waals surface area contributed by atoms with Crippen LogP contribution in [0.5, 0.6) is 28.7 Å². The molecule has 0 radical (unpaired) electrons. The van der Waals surface area contributed by atoms with Crippen molar-refractivity contribution in [3.63, 3.8) is 0 Å². The fraction of sp³-hybridized carbons (Fsp3) is 0.273. The lowest BCUT2D eigenvalue weighted by molar-refractivity contribution is -0.136. The highest BCUT2D eigenvalue weighted by Crippen LogP contribution is 2.46. The standard InChI is InChI=1S/C22H20O8/c1-9(2)5-11-7-16(26)29-15-8-14(25)18-19(27)20(28)21(30-22(18)17(11)15)10-3-4-12(23)13(24)6-10/h3-4,6,8-9,11,23-25,28H,5,7H2,1-2H3/t11-/m0/s1. The van der Waals surface area contributed by atoms with Crippen molar-refractivity contribution in [3.05, 3.63) is 40.1 Å². The largest absolute Gasteiger partial charge is 0.507 e. The molecule has 0 amide bonds. The number of hydrogen-bond donors (Lipinski definition) is 4. The average molecular weight is 412 g/mol. The summed E-state index contributed by atoms with van der Waals surface area (Å²) in [6.07, 6.45) is 0.701. The molecule has 0 saturated carbocycles. The molecule has 8 nitrogen and oxygen atoms in total. The van der Waals surface area contributed by atoms with Gasteiger partial charge in [0.1, 0.15) is 22.5 Å². The normalized spacial score (nSPS) is 16.0. The molecule has 2 heterocycles. The number of hydrogen-bond acceptors (Lipinski definition) is 8. The fourth-order valence-electron chi connectivity index (χ4n) is 3.90. The van der Waals surface area contributed by atoms with E-state index >= 15 is 0 Å². The molecule has 8 heteroatoms. The van der Waals surface area contributed by atoms with Crippen molar-refractivity contribution in [2.75, 3.05) is 0 Å². The molecule has 0 bridgehead atoms. The lowest BCUT2D eigenvalue weighted by Gasteiger charge is -2.26. The van der Waals surface area contributed by atoms with Crippen LogP contribution in [0.1, 0.15) is 38.2 Å². The molecule has 0 spiro atoms. The van der Waals surface area contributed by atoms with Crippen LogP contribution in [0.3, 0.4) is 0 Å². The fourth-order valence-corrected chi connectivity index (χ4v) is 3.90. The van der Waals surface area contributed by atoms with Crippen LogP contribution in [0, 0.1) is 5.92 Å². The van der Waals surface area contributed by atoms with Crippen molar-refractivity contribution < 1.29 is 34.4 Å². The number of esters is 1. The third-order valence-corrected chi connectivity index (χ3v) is 5.16. The number of rotatable bonds is 3. The molecule has 3 aromatic rings. The Morgan fingerprint density at radius 3 is 2.43 bits per heavy atom. The molecule has 4 N–H and O–H groups in total. The zero-order valence-electron chi connectivity index (χ0n) is 16.3. The summed E-state index contributed by atoms with van der Waals surface area (Å²) in [7, 11) is 0. The van der Waals surface area contributed by atoms with Crippen LogP contribution in [0.2, 0.25) is 0 Å². The molecular weight excluding hydrogens is 392 g/mol. The molecule has 0 saturated heterocycles. The highest BCUT2D eigenvalue weighted by molar-refractivity contribution is 5.93. The topological polar surface area (TPSA) is 137 Å². The highest BCUT2D eigenvalue weighted by atomic mass is 16.5. The van der Waals surface area contributed by atoms with Crippen LogP contribution < -0.4 is 10.2 Å². The van der Waals surface area contributed by atoms with Crippen LogP contribution in [0.15, 0.2) is 33.5 Å². The number of carbonyl (C=O) groups is 1. The maximum Gasteiger partial charge on any atom is 0.311 e. The molecule has 1 aromatic heterocycles. The quantitative estimate of drug-likeness (QED) is 0.290. The lowest BCUT2D eigenvalue weighted by atomic mass is 9.84. The summed E-state index contributed by atoms with van der Waals surface area (Å²) in [6.45, 7) is 3.99. The zero-order valence-corrected chi connectivity index (χ0v) is 16.3. The maximum atomic E-state index is 12.9. The molecule has 1 aliphatic rings. The number of carbonyl (C=O) groups excluding carboxylic acids is 1. The Balaban J connectivity index is 2.06. The van der Waals surface area contributed by atoms with E-state index in [1.165, 1.54) is 18.2 Å². The summed E-state index contributed by atoms with van der Waals surface area (Å²) < 4.78 is 11.2. The highest BCUT2D eigenvalue weighted by Gasteiger charge is 2.33. The Kier molecular flexibility index (Phi) is 4.57. The summed E-state index contributed by atoms with van der Waals surface area (Å²) >= 11 is 0. The van der Waals surface area contributed by atoms with Gasteiger partial charge in [0.2, 0.25) is 11.2 Å². The molecular formula is C22H20O8. The second-order valence-corrected chi connectivity index (χ2v) is 7.83. The van der Waals surface area contributed by atoms with Crippen LogP contribution >= 0.6 is 0 Å². The predicted molar refractivity (Wildman–Crippen MR) is 107 cm³/mol. The molecule has 156 valence electrons. The first-order valence-electron chi connectivity index (χ1n) is 9.46. The van der Waals surface area contributed by atoms with Crippen molar-refractivity contribution >= 4 is 16.9 Å². The van der Waals surface area contributed by atoms with Crippen LogP contribution in [-0.2, 0) is 4.79 Å². The van der Waals surface area contributed by atoms with Crippen molar-refractivity contribution in [2.45, 2.75) is 32.6 Å². The van der Waals surface area contributed by atoms with Gasteiger partial charge in [-0.2, -0.15) is 0 Å². The molecule has 2 aromatic carbocycles. The van der Waals surface area contributed by atoms with E-state index in [1.807, 2.05) is 13.8 Å². The summed E-state index contributed by atoms with van der Waals surface area (Å²) in [5, 5.41) is 40.0. The molecule has 1 atom stereocenters. The Morgan fingerprint density at radius 2 is 1.77 bits per heavy atom. The van der Waals surface area contributed by atoms with Crippen LogP contribution in [0.4, 0.5) is 0 Å². The predicted octanol–water partition coefficient (Wildman–Crippen LogP) is 3.72. The van der Waals surface area contributed by atoms with Crippen molar-refractivity contribution in [1.82, 2.24) is 0 Å². The monoisotopic (exact) mass is 412 g/mol. The molecule has 0 unspecified atom stereocenters. The minimum Gasteiger partial charge on any atom is -0.507 e. The molecule has 0 fully saturated rings. The van der Waals surface area contributed by atoms with Gasteiger partial charge in [-0.15, -0.1) is 0 Å². The van der Waals surface area contributed by atoms with Crippen molar-refractivity contribution in [3.8, 4) is 40.1 Å². The summed E-state index contributed by atoms with van der Waals surface area (Å²) in [6, 6.07) is 4.87. The second kappa shape index (κ2) is 6.98. The van der Waals surface area contributed by atoms with Gasteiger partial charge in [0.25, 0.3) is 0 Å². The van der Waals surface area contributed by atoms with Gasteiger partial charge < -0.3 is 29.6 Å². The number of fused-ring (bicyclic) bond motifs is 3. The summed E-state index contributed by atoms with van der Waals surface area (Å²) in [4.78, 5) is 24.9. The first kappa shape index (κ1) is 19.6. The van der Waals surface area contributed by atoms with Gasteiger partial charge in [0.15, 0.2) is 17.3 Å². The SMILES string of the molecule is CC(C)C[C@H]1CC(=O)Oc2cc(O)c3c(=O)c(O)c(-c4ccc(O)c(O)c4)oc3c21. The maximum absolute atomic E-state index is 12.9.